The van der Waals surface area contributed by atoms with Crippen molar-refractivity contribution in [2.45, 2.75) is 13.0 Å². The highest BCUT2D eigenvalue weighted by molar-refractivity contribution is 5.86. The van der Waals surface area contributed by atoms with Gasteiger partial charge in [-0.3, -0.25) is 0 Å². The van der Waals surface area contributed by atoms with Crippen molar-refractivity contribution < 1.29 is 0 Å². The second-order valence-corrected chi connectivity index (χ2v) is 3.58. The van der Waals surface area contributed by atoms with Gasteiger partial charge in [0.2, 0.25) is 0 Å². The predicted molar refractivity (Wildman–Crippen MR) is 68.7 cm³/mol. The van der Waals surface area contributed by atoms with E-state index in [0.717, 1.165) is 0 Å². The van der Waals surface area contributed by atoms with Gasteiger partial charge in [-0.1, -0.05) is 42.5 Å². The summed E-state index contributed by atoms with van der Waals surface area (Å²) in [5, 5.41) is 5.93. The zero-order valence-corrected chi connectivity index (χ0v) is 9.84. The molecule has 1 atom stereocenters. The van der Waals surface area contributed by atoms with E-state index in [1.54, 1.807) is 0 Å². The van der Waals surface area contributed by atoms with Crippen molar-refractivity contribution in [1.82, 2.24) is 5.32 Å². The van der Waals surface area contributed by atoms with E-state index < -0.39 is 0 Å². The Morgan fingerprint density at radius 3 is 2.40 bits per heavy atom. The van der Waals surface area contributed by atoms with Crippen LogP contribution in [-0.4, -0.2) is 7.05 Å². The molecule has 2 aromatic rings. The van der Waals surface area contributed by atoms with Crippen LogP contribution < -0.4 is 5.32 Å². The third-order valence-corrected chi connectivity index (χ3v) is 2.72. The zero-order chi connectivity index (χ0) is 9.97. The van der Waals surface area contributed by atoms with Crippen LogP contribution in [0.4, 0.5) is 0 Å². The Morgan fingerprint density at radius 2 is 1.67 bits per heavy atom. The average Bonchev–Trinajstić information content (AvgIpc) is 2.27. The number of fused-ring (bicyclic) bond motifs is 1. The minimum Gasteiger partial charge on any atom is -0.313 e. The van der Waals surface area contributed by atoms with Gasteiger partial charge in [-0.2, -0.15) is 0 Å². The van der Waals surface area contributed by atoms with Crippen molar-refractivity contribution in [3.63, 3.8) is 0 Å². The first kappa shape index (κ1) is 12.0. The van der Waals surface area contributed by atoms with Gasteiger partial charge in [0.15, 0.2) is 0 Å². The molecule has 0 unspecified atom stereocenters. The van der Waals surface area contributed by atoms with Crippen LogP contribution in [-0.2, 0) is 0 Å². The van der Waals surface area contributed by atoms with Gasteiger partial charge >= 0.3 is 0 Å². The lowest BCUT2D eigenvalue weighted by atomic mass is 10.00. The summed E-state index contributed by atoms with van der Waals surface area (Å²) >= 11 is 0. The summed E-state index contributed by atoms with van der Waals surface area (Å²) in [5.41, 5.74) is 1.37. The lowest BCUT2D eigenvalue weighted by Crippen LogP contribution is -2.12. The van der Waals surface area contributed by atoms with Crippen LogP contribution in [0.15, 0.2) is 42.5 Å². The Bertz CT molecular complexity index is 434. The fraction of sp³-hybridized carbons (Fsp3) is 0.231. The summed E-state index contributed by atoms with van der Waals surface area (Å²) in [6.45, 7) is 2.18. The van der Waals surface area contributed by atoms with E-state index in [1.807, 2.05) is 7.05 Å². The highest BCUT2D eigenvalue weighted by atomic mass is 35.5. The normalized spacial score (nSPS) is 12.1. The van der Waals surface area contributed by atoms with Gasteiger partial charge in [-0.25, -0.2) is 0 Å². The molecular formula is C13H16ClN. The maximum Gasteiger partial charge on any atom is 0.0295 e. The standard InChI is InChI=1S/C13H15N.ClH/c1-10(14-2)12-9-5-7-11-6-3-4-8-13(11)12;/h3-10,14H,1-2H3;1H/t10-;/m0./s1. The molecule has 15 heavy (non-hydrogen) atoms. The molecule has 2 heteroatoms. The van der Waals surface area contributed by atoms with Crippen molar-refractivity contribution in [3.8, 4) is 0 Å². The number of nitrogens with one attached hydrogen (secondary N) is 1. The average molecular weight is 222 g/mol. The molecule has 0 bridgehead atoms. The Balaban J connectivity index is 0.00000112. The molecule has 0 aliphatic heterocycles. The first-order valence-corrected chi connectivity index (χ1v) is 4.98. The fourth-order valence-electron chi connectivity index (χ4n) is 1.78. The second-order valence-electron chi connectivity index (χ2n) is 3.58. The van der Waals surface area contributed by atoms with E-state index in [-0.39, 0.29) is 12.4 Å². The van der Waals surface area contributed by atoms with E-state index >= 15 is 0 Å². The molecule has 1 nitrogen and oxygen atoms in total. The quantitative estimate of drug-likeness (QED) is 0.818. The lowest BCUT2D eigenvalue weighted by molar-refractivity contribution is 0.657. The molecule has 0 aromatic heterocycles. The minimum absolute atomic E-state index is 0. The summed E-state index contributed by atoms with van der Waals surface area (Å²) in [7, 11) is 1.99. The number of halogens is 1. The highest BCUT2D eigenvalue weighted by Gasteiger charge is 2.05. The van der Waals surface area contributed by atoms with Crippen molar-refractivity contribution in [1.29, 1.82) is 0 Å². The lowest BCUT2D eigenvalue weighted by Gasteiger charge is -2.13. The summed E-state index contributed by atoms with van der Waals surface area (Å²) in [6, 6.07) is 15.4. The van der Waals surface area contributed by atoms with Gasteiger partial charge in [0.05, 0.1) is 0 Å². The summed E-state index contributed by atoms with van der Waals surface area (Å²) < 4.78 is 0. The molecule has 0 heterocycles. The molecule has 0 radical (unpaired) electrons. The van der Waals surface area contributed by atoms with Crippen LogP contribution in [0.3, 0.4) is 0 Å². The number of hydrogen-bond donors (Lipinski definition) is 1. The SMILES string of the molecule is CN[C@@H](C)c1cccc2ccccc12.Cl. The Kier molecular flexibility index (Phi) is 4.13. The van der Waals surface area contributed by atoms with Gasteiger partial charge in [0, 0.05) is 6.04 Å². The largest absolute Gasteiger partial charge is 0.313 e. The van der Waals surface area contributed by atoms with Crippen LogP contribution in [0.1, 0.15) is 18.5 Å². The molecule has 80 valence electrons. The van der Waals surface area contributed by atoms with Crippen molar-refractivity contribution >= 4 is 23.2 Å². The molecule has 0 fully saturated rings. The fourth-order valence-corrected chi connectivity index (χ4v) is 1.78. The smallest absolute Gasteiger partial charge is 0.0295 e. The monoisotopic (exact) mass is 221 g/mol. The number of benzene rings is 2. The minimum atomic E-state index is 0. The molecule has 2 aromatic carbocycles. The van der Waals surface area contributed by atoms with Gasteiger partial charge < -0.3 is 5.32 Å². The van der Waals surface area contributed by atoms with Crippen LogP contribution >= 0.6 is 12.4 Å². The Morgan fingerprint density at radius 1 is 1.00 bits per heavy atom. The molecule has 1 N–H and O–H groups in total. The predicted octanol–water partition coefficient (Wildman–Crippen LogP) is 3.54. The number of hydrogen-bond acceptors (Lipinski definition) is 1. The van der Waals surface area contributed by atoms with Crippen LogP contribution in [0, 0.1) is 0 Å². The Hall–Kier alpha value is -1.05. The van der Waals surface area contributed by atoms with E-state index in [2.05, 4.69) is 54.7 Å². The van der Waals surface area contributed by atoms with Crippen molar-refractivity contribution in [3.05, 3.63) is 48.0 Å². The molecule has 0 amide bonds. The topological polar surface area (TPSA) is 12.0 Å². The molecule has 0 spiro atoms. The van der Waals surface area contributed by atoms with E-state index in [0.29, 0.717) is 6.04 Å². The maximum atomic E-state index is 3.27. The maximum absolute atomic E-state index is 3.27. The first-order valence-electron chi connectivity index (χ1n) is 4.98. The number of rotatable bonds is 2. The van der Waals surface area contributed by atoms with Gasteiger partial charge in [0.1, 0.15) is 0 Å². The Labute approximate surface area is 96.9 Å². The van der Waals surface area contributed by atoms with Crippen LogP contribution in [0.5, 0.6) is 0 Å². The molecule has 0 aliphatic carbocycles. The highest BCUT2D eigenvalue weighted by Crippen LogP contribution is 2.23. The molecule has 2 rings (SSSR count). The zero-order valence-electron chi connectivity index (χ0n) is 9.03. The first-order chi connectivity index (χ1) is 6.83. The summed E-state index contributed by atoms with van der Waals surface area (Å²) in [5.74, 6) is 0. The summed E-state index contributed by atoms with van der Waals surface area (Å²) in [6.07, 6.45) is 0. The van der Waals surface area contributed by atoms with Crippen molar-refractivity contribution in [2.75, 3.05) is 7.05 Å². The van der Waals surface area contributed by atoms with E-state index in [1.165, 1.54) is 16.3 Å². The third-order valence-electron chi connectivity index (χ3n) is 2.72. The van der Waals surface area contributed by atoms with E-state index in [9.17, 15) is 0 Å². The second kappa shape index (κ2) is 5.15. The molecule has 0 saturated carbocycles. The third kappa shape index (κ3) is 2.31. The molecular weight excluding hydrogens is 206 g/mol. The van der Waals surface area contributed by atoms with Gasteiger partial charge in [-0.15, -0.1) is 12.4 Å². The van der Waals surface area contributed by atoms with Crippen LogP contribution in [0.25, 0.3) is 10.8 Å². The van der Waals surface area contributed by atoms with Gasteiger partial charge in [-0.05, 0) is 30.3 Å². The van der Waals surface area contributed by atoms with Crippen LogP contribution in [0.2, 0.25) is 0 Å². The molecule has 0 saturated heterocycles. The van der Waals surface area contributed by atoms with Crippen molar-refractivity contribution in [2.24, 2.45) is 0 Å². The van der Waals surface area contributed by atoms with Gasteiger partial charge in [0.25, 0.3) is 0 Å². The molecule has 0 aliphatic rings. The summed E-state index contributed by atoms with van der Waals surface area (Å²) in [4.78, 5) is 0. The van der Waals surface area contributed by atoms with E-state index in [4.69, 9.17) is 0 Å².